The molecule has 0 radical (unpaired) electrons. The first-order valence-electron chi connectivity index (χ1n) is 14.6. The van der Waals surface area contributed by atoms with Crippen molar-refractivity contribution in [3.63, 3.8) is 0 Å². The molecule has 4 amide bonds. The van der Waals surface area contributed by atoms with Crippen molar-refractivity contribution in [1.82, 2.24) is 29.7 Å². The number of amides is 4. The van der Waals surface area contributed by atoms with Gasteiger partial charge in [0.25, 0.3) is 0 Å². The summed E-state index contributed by atoms with van der Waals surface area (Å²) in [6.07, 6.45) is 11.1. The summed E-state index contributed by atoms with van der Waals surface area (Å²) in [5.41, 5.74) is 0. The molecule has 0 unspecified atom stereocenters. The van der Waals surface area contributed by atoms with Crippen molar-refractivity contribution in [1.29, 1.82) is 0 Å². The van der Waals surface area contributed by atoms with E-state index in [4.69, 9.17) is 0 Å². The summed E-state index contributed by atoms with van der Waals surface area (Å²) in [6.45, 7) is 7.97. The van der Waals surface area contributed by atoms with E-state index in [0.717, 1.165) is 42.7 Å². The number of hydrogen-bond acceptors (Lipinski definition) is 9. The molecule has 1 aliphatic carbocycles. The number of nitrogens with zero attached hydrogens (tertiary/aromatic N) is 7. The predicted molar refractivity (Wildman–Crippen MR) is 161 cm³/mol. The first-order chi connectivity index (χ1) is 19.9. The minimum absolute atomic E-state index is 0.0946. The first-order valence-corrected chi connectivity index (χ1v) is 16.4. The van der Waals surface area contributed by atoms with Gasteiger partial charge in [0.2, 0.25) is 17.8 Å². The van der Waals surface area contributed by atoms with Gasteiger partial charge in [0, 0.05) is 70.7 Å². The number of piperazine rings is 1. The largest absolute Gasteiger partial charge is 0.343 e. The maximum atomic E-state index is 13.6. The Morgan fingerprint density at radius 1 is 0.927 bits per heavy atom. The van der Waals surface area contributed by atoms with Gasteiger partial charge in [-0.1, -0.05) is 18.3 Å². The molecule has 13 heteroatoms. The van der Waals surface area contributed by atoms with Crippen molar-refractivity contribution in [3.8, 4) is 0 Å². The van der Waals surface area contributed by atoms with Crippen molar-refractivity contribution in [2.24, 2.45) is 5.92 Å². The van der Waals surface area contributed by atoms with Crippen LogP contribution in [-0.2, 0) is 9.59 Å². The average Bonchev–Trinajstić information content (AvgIpc) is 3.45. The Bertz CT molecular complexity index is 1170. The summed E-state index contributed by atoms with van der Waals surface area (Å²) in [5, 5.41) is 3.61. The van der Waals surface area contributed by atoms with Gasteiger partial charge in [0.15, 0.2) is 5.13 Å². The number of carbonyl (C=O) groups excluding carboxylic acids is 3. The Hall–Kier alpha value is -2.93. The van der Waals surface area contributed by atoms with E-state index in [0.29, 0.717) is 62.0 Å². The zero-order chi connectivity index (χ0) is 28.8. The van der Waals surface area contributed by atoms with Gasteiger partial charge in [-0.15, -0.1) is 11.8 Å². The van der Waals surface area contributed by atoms with Gasteiger partial charge >= 0.3 is 6.03 Å². The van der Waals surface area contributed by atoms with Crippen LogP contribution in [0, 0.1) is 5.92 Å². The fourth-order valence-electron chi connectivity index (χ4n) is 5.98. The Labute approximate surface area is 250 Å². The lowest BCUT2D eigenvalue weighted by atomic mass is 9.85. The van der Waals surface area contributed by atoms with Crippen LogP contribution >= 0.6 is 23.1 Å². The molecule has 2 aromatic rings. The summed E-state index contributed by atoms with van der Waals surface area (Å²) < 4.78 is 0.901. The molecule has 0 spiro atoms. The normalized spacial score (nSPS) is 22.0. The molecule has 0 bridgehead atoms. The van der Waals surface area contributed by atoms with Crippen molar-refractivity contribution in [2.75, 3.05) is 55.2 Å². The Kier molecular flexibility index (Phi) is 9.97. The molecule has 41 heavy (non-hydrogen) atoms. The van der Waals surface area contributed by atoms with E-state index in [1.54, 1.807) is 31.6 Å². The molecule has 1 N–H and O–H groups in total. The Morgan fingerprint density at radius 2 is 1.59 bits per heavy atom. The van der Waals surface area contributed by atoms with Crippen LogP contribution in [0.2, 0.25) is 0 Å². The molecule has 1 saturated carbocycles. The summed E-state index contributed by atoms with van der Waals surface area (Å²) in [7, 11) is 0. The molecular formula is C28H40N8O3S2. The number of hydrogen-bond donors (Lipinski definition) is 1. The molecule has 3 fully saturated rings. The highest BCUT2D eigenvalue weighted by molar-refractivity contribution is 8.01. The first kappa shape index (κ1) is 29.6. The summed E-state index contributed by atoms with van der Waals surface area (Å²) >= 11 is 2.87. The van der Waals surface area contributed by atoms with Gasteiger partial charge < -0.3 is 19.6 Å². The predicted octanol–water partition coefficient (Wildman–Crippen LogP) is 3.80. The fourth-order valence-corrected chi connectivity index (χ4v) is 7.75. The molecule has 0 aromatic carbocycles. The summed E-state index contributed by atoms with van der Waals surface area (Å²) in [6, 6.07) is 2.02. The maximum Gasteiger partial charge on any atom is 0.324 e. The fraction of sp³-hybridized carbons (Fsp3) is 0.643. The third-order valence-corrected chi connectivity index (χ3v) is 10.5. The van der Waals surface area contributed by atoms with Crippen LogP contribution in [0.25, 0.3) is 0 Å². The Morgan fingerprint density at radius 3 is 2.24 bits per heavy atom. The molecule has 2 aliphatic heterocycles. The van der Waals surface area contributed by atoms with Crippen LogP contribution in [0.3, 0.4) is 0 Å². The van der Waals surface area contributed by atoms with Gasteiger partial charge in [-0.2, -0.15) is 0 Å². The number of carbonyl (C=O) groups is 3. The third kappa shape index (κ3) is 7.68. The second-order valence-corrected chi connectivity index (χ2v) is 13.5. The van der Waals surface area contributed by atoms with E-state index in [9.17, 15) is 14.4 Å². The second kappa shape index (κ2) is 13.8. The molecule has 5 rings (SSSR count). The van der Waals surface area contributed by atoms with E-state index in [1.165, 1.54) is 23.1 Å². The lowest BCUT2D eigenvalue weighted by molar-refractivity contribution is -0.130. The lowest BCUT2D eigenvalue weighted by Crippen LogP contribution is -2.54. The van der Waals surface area contributed by atoms with E-state index in [2.05, 4.69) is 37.0 Å². The quantitative estimate of drug-likeness (QED) is 0.478. The van der Waals surface area contributed by atoms with Gasteiger partial charge in [-0.05, 0) is 50.5 Å². The van der Waals surface area contributed by atoms with E-state index < -0.39 is 0 Å². The molecule has 222 valence electrons. The van der Waals surface area contributed by atoms with Gasteiger partial charge in [-0.3, -0.25) is 14.9 Å². The number of thioether (sulfide) groups is 1. The molecule has 3 aliphatic rings. The van der Waals surface area contributed by atoms with Crippen molar-refractivity contribution in [2.45, 2.75) is 68.7 Å². The summed E-state index contributed by atoms with van der Waals surface area (Å²) in [5.74, 6) is 1.92. The highest BCUT2D eigenvalue weighted by Crippen LogP contribution is 2.33. The van der Waals surface area contributed by atoms with Crippen LogP contribution in [-0.4, -0.2) is 105 Å². The molecule has 4 heterocycles. The number of thiazole rings is 1. The number of urea groups is 1. The van der Waals surface area contributed by atoms with Crippen molar-refractivity contribution in [3.05, 3.63) is 24.7 Å². The third-order valence-electron chi connectivity index (χ3n) is 8.42. The molecular weight excluding hydrogens is 560 g/mol. The van der Waals surface area contributed by atoms with Crippen molar-refractivity contribution < 1.29 is 14.4 Å². The Balaban J connectivity index is 1.13. The van der Waals surface area contributed by atoms with E-state index >= 15 is 0 Å². The van der Waals surface area contributed by atoms with Gasteiger partial charge in [-0.25, -0.2) is 19.7 Å². The number of likely N-dealkylation sites (tertiary alicyclic amines) is 1. The highest BCUT2D eigenvalue weighted by atomic mass is 32.2. The zero-order valence-corrected chi connectivity index (χ0v) is 25.5. The standard InChI is InChI=1S/C28H40N8O3S2/c1-20-4-6-22(7-5-20)36(23-8-12-33(13-9-23)21(2)37)28(39)32-27-31-18-25(41-27)40-19-24(38)34-14-16-35(17-15-34)26-29-10-3-11-30-26/h3,10-11,18,20,22-23H,4-9,12-17,19H2,1-2H3,(H,31,32,39)/t20-,22-. The molecule has 0 atom stereocenters. The van der Waals surface area contributed by atoms with Crippen LogP contribution in [0.15, 0.2) is 28.9 Å². The second-order valence-electron chi connectivity index (χ2n) is 11.2. The topological polar surface area (TPSA) is 115 Å². The van der Waals surface area contributed by atoms with E-state index in [-0.39, 0.29) is 29.9 Å². The van der Waals surface area contributed by atoms with Gasteiger partial charge in [0.05, 0.1) is 16.2 Å². The van der Waals surface area contributed by atoms with Crippen LogP contribution in [0.5, 0.6) is 0 Å². The minimum atomic E-state index is -0.104. The number of anilines is 2. The number of nitrogens with one attached hydrogen (secondary N) is 1. The smallest absolute Gasteiger partial charge is 0.324 e. The lowest BCUT2D eigenvalue weighted by Gasteiger charge is -2.44. The van der Waals surface area contributed by atoms with Crippen LogP contribution in [0.1, 0.15) is 52.4 Å². The SMILES string of the molecule is CC(=O)N1CCC(N(C(=O)Nc2ncc(SCC(=O)N3CCN(c4ncccn4)CC3)s2)[C@H]2CC[C@H](C)CC2)CC1. The molecule has 2 saturated heterocycles. The van der Waals surface area contributed by atoms with E-state index in [1.807, 2.05) is 9.80 Å². The van der Waals surface area contributed by atoms with Crippen LogP contribution in [0.4, 0.5) is 15.9 Å². The zero-order valence-electron chi connectivity index (χ0n) is 23.9. The maximum absolute atomic E-state index is 13.6. The summed E-state index contributed by atoms with van der Waals surface area (Å²) in [4.78, 5) is 59.3. The highest BCUT2D eigenvalue weighted by Gasteiger charge is 2.35. The number of rotatable bonds is 7. The monoisotopic (exact) mass is 600 g/mol. The molecule has 2 aromatic heterocycles. The molecule has 11 nitrogen and oxygen atoms in total. The number of piperidine rings is 1. The van der Waals surface area contributed by atoms with Gasteiger partial charge in [0.1, 0.15) is 0 Å². The van der Waals surface area contributed by atoms with Crippen molar-refractivity contribution >= 4 is 52.0 Å². The van der Waals surface area contributed by atoms with Crippen LogP contribution < -0.4 is 10.2 Å². The minimum Gasteiger partial charge on any atom is -0.343 e. The number of aromatic nitrogens is 3. The average molecular weight is 601 g/mol.